The summed E-state index contributed by atoms with van der Waals surface area (Å²) in [7, 11) is 1.34. The Morgan fingerprint density at radius 1 is 1.11 bits per heavy atom. The van der Waals surface area contributed by atoms with Crippen LogP contribution in [0, 0.1) is 5.82 Å². The topological polar surface area (TPSA) is 101 Å². The summed E-state index contributed by atoms with van der Waals surface area (Å²) < 4.78 is 21.9. The maximum absolute atomic E-state index is 15.5. The number of benzene rings is 2. The molecule has 1 saturated heterocycles. The highest BCUT2D eigenvalue weighted by atomic mass is 19.1. The average Bonchev–Trinajstić information content (AvgIpc) is 3.62. The van der Waals surface area contributed by atoms with Crippen molar-refractivity contribution in [2.24, 2.45) is 0 Å². The highest BCUT2D eigenvalue weighted by molar-refractivity contribution is 5.93. The van der Waals surface area contributed by atoms with E-state index in [1.165, 1.54) is 29.9 Å². The molecule has 2 aromatic heterocycles. The molecule has 1 atom stereocenters. The molecule has 2 aliphatic rings. The number of anilines is 1. The summed E-state index contributed by atoms with van der Waals surface area (Å²) in [6.07, 6.45) is 5.11. The molecule has 2 fully saturated rings. The molecule has 1 saturated carbocycles. The highest BCUT2D eigenvalue weighted by Gasteiger charge is 2.29. The molecule has 0 radical (unpaired) electrons. The van der Waals surface area contributed by atoms with Crippen LogP contribution in [0.4, 0.5) is 14.9 Å². The Morgan fingerprint density at radius 3 is 2.68 bits per heavy atom. The van der Waals surface area contributed by atoms with Crippen molar-refractivity contribution in [1.82, 2.24) is 25.2 Å². The van der Waals surface area contributed by atoms with Crippen molar-refractivity contribution in [2.75, 3.05) is 31.6 Å². The average molecular weight is 597 g/mol. The van der Waals surface area contributed by atoms with Crippen LogP contribution in [0.1, 0.15) is 66.3 Å². The fraction of sp³-hybridized carbons (Fsp3) is 0.353. The minimum Gasteiger partial charge on any atom is -0.453 e. The summed E-state index contributed by atoms with van der Waals surface area (Å²) in [6, 6.07) is 16.8. The van der Waals surface area contributed by atoms with E-state index in [1.54, 1.807) is 16.6 Å². The minimum atomic E-state index is -0.467. The third kappa shape index (κ3) is 6.15. The minimum absolute atomic E-state index is 0.0554. The Hall–Kier alpha value is -4.73. The van der Waals surface area contributed by atoms with Crippen molar-refractivity contribution in [2.45, 2.75) is 51.5 Å². The normalized spacial score (nSPS) is 16.8. The number of alkyl carbamates (subject to hydrolysis) is 1. The van der Waals surface area contributed by atoms with E-state index >= 15 is 4.39 Å². The quantitative estimate of drug-likeness (QED) is 0.256. The summed E-state index contributed by atoms with van der Waals surface area (Å²) >= 11 is 0. The van der Waals surface area contributed by atoms with Gasteiger partial charge in [-0.2, -0.15) is 5.10 Å². The zero-order valence-electron chi connectivity index (χ0n) is 25.3. The molecule has 228 valence electrons. The summed E-state index contributed by atoms with van der Waals surface area (Å²) in [5, 5.41) is 10.6. The Bertz CT molecular complexity index is 1740. The Morgan fingerprint density at radius 2 is 1.93 bits per heavy atom. The number of hydrogen-bond donors (Lipinski definition) is 2. The number of methoxy groups -OCH3 is 1. The first kappa shape index (κ1) is 29.3. The largest absolute Gasteiger partial charge is 0.453 e. The lowest BCUT2D eigenvalue weighted by Gasteiger charge is -2.19. The molecule has 1 aliphatic heterocycles. The molecule has 2 amide bonds. The second-order valence-electron chi connectivity index (χ2n) is 11.5. The maximum atomic E-state index is 15.5. The SMILES string of the molecule is C/C=C(/C)c1ccccc1CCNC(=O)c1cc(C2CC2)n2nc(-c3ccc(N4CC[C@@H](NC(=O)OC)C4)cc3F)cc2n1. The predicted molar refractivity (Wildman–Crippen MR) is 168 cm³/mol. The van der Waals surface area contributed by atoms with Crippen LogP contribution in [0.2, 0.25) is 0 Å². The number of allylic oxidation sites excluding steroid dienone is 2. The van der Waals surface area contributed by atoms with E-state index in [4.69, 9.17) is 9.84 Å². The smallest absolute Gasteiger partial charge is 0.407 e. The zero-order valence-corrected chi connectivity index (χ0v) is 25.3. The zero-order chi connectivity index (χ0) is 30.8. The van der Waals surface area contributed by atoms with Crippen molar-refractivity contribution < 1.29 is 18.7 Å². The molecular weight excluding hydrogens is 559 g/mol. The van der Waals surface area contributed by atoms with Crippen LogP contribution in [0.15, 0.2) is 60.7 Å². The van der Waals surface area contributed by atoms with E-state index in [2.05, 4.69) is 40.8 Å². The van der Waals surface area contributed by atoms with Crippen molar-refractivity contribution in [3.63, 3.8) is 0 Å². The van der Waals surface area contributed by atoms with Gasteiger partial charge in [-0.05, 0) is 80.5 Å². The van der Waals surface area contributed by atoms with Gasteiger partial charge in [0, 0.05) is 48.6 Å². The van der Waals surface area contributed by atoms with Gasteiger partial charge in [-0.3, -0.25) is 4.79 Å². The van der Waals surface area contributed by atoms with Crippen LogP contribution >= 0.6 is 0 Å². The number of carbonyl (C=O) groups is 2. The maximum Gasteiger partial charge on any atom is 0.407 e. The highest BCUT2D eigenvalue weighted by Crippen LogP contribution is 2.40. The number of hydrogen-bond acceptors (Lipinski definition) is 6. The fourth-order valence-electron chi connectivity index (χ4n) is 5.84. The van der Waals surface area contributed by atoms with Crippen molar-refractivity contribution in [3.05, 3.63) is 89.0 Å². The number of amides is 2. The van der Waals surface area contributed by atoms with Crippen LogP contribution in [0.5, 0.6) is 0 Å². The van der Waals surface area contributed by atoms with Gasteiger partial charge < -0.3 is 20.3 Å². The van der Waals surface area contributed by atoms with Gasteiger partial charge in [0.15, 0.2) is 5.65 Å². The molecule has 2 aromatic carbocycles. The molecule has 9 nitrogen and oxygen atoms in total. The summed E-state index contributed by atoms with van der Waals surface area (Å²) in [6.45, 7) is 5.87. The monoisotopic (exact) mass is 596 g/mol. The van der Waals surface area contributed by atoms with Crippen LogP contribution in [0.3, 0.4) is 0 Å². The number of nitrogens with one attached hydrogen (secondary N) is 2. The second kappa shape index (κ2) is 12.5. The van der Waals surface area contributed by atoms with Gasteiger partial charge >= 0.3 is 6.09 Å². The second-order valence-corrected chi connectivity index (χ2v) is 11.5. The van der Waals surface area contributed by atoms with Gasteiger partial charge in [-0.25, -0.2) is 18.7 Å². The lowest BCUT2D eigenvalue weighted by molar-refractivity contribution is 0.0949. The van der Waals surface area contributed by atoms with Gasteiger partial charge in [0.05, 0.1) is 18.8 Å². The number of carbonyl (C=O) groups excluding carboxylic acids is 2. The first-order valence-corrected chi connectivity index (χ1v) is 15.1. The molecule has 0 unspecified atom stereocenters. The Labute approximate surface area is 256 Å². The van der Waals surface area contributed by atoms with E-state index in [0.29, 0.717) is 54.6 Å². The van der Waals surface area contributed by atoms with Crippen molar-refractivity contribution in [1.29, 1.82) is 0 Å². The van der Waals surface area contributed by atoms with Crippen molar-refractivity contribution in [3.8, 4) is 11.3 Å². The lowest BCUT2D eigenvalue weighted by atomic mass is 9.98. The number of halogens is 1. The molecule has 1 aliphatic carbocycles. The third-order valence-corrected chi connectivity index (χ3v) is 8.53. The number of fused-ring (bicyclic) bond motifs is 1. The molecule has 2 N–H and O–H groups in total. The fourth-order valence-corrected chi connectivity index (χ4v) is 5.84. The van der Waals surface area contributed by atoms with Gasteiger partial charge in [0.2, 0.25) is 0 Å². The van der Waals surface area contributed by atoms with Gasteiger partial charge in [0.25, 0.3) is 5.91 Å². The molecular formula is C34H37FN6O3. The van der Waals surface area contributed by atoms with Crippen LogP contribution in [-0.2, 0) is 11.2 Å². The van der Waals surface area contributed by atoms with E-state index in [1.807, 2.05) is 36.1 Å². The Balaban J connectivity index is 1.19. The number of ether oxygens (including phenoxy) is 1. The Kier molecular flexibility index (Phi) is 8.32. The number of aromatic nitrogens is 3. The van der Waals surface area contributed by atoms with Crippen LogP contribution < -0.4 is 15.5 Å². The molecule has 4 aromatic rings. The summed E-state index contributed by atoms with van der Waals surface area (Å²) in [5.74, 6) is -0.336. The van der Waals surface area contributed by atoms with Gasteiger partial charge in [-0.1, -0.05) is 30.3 Å². The molecule has 6 rings (SSSR count). The van der Waals surface area contributed by atoms with Gasteiger partial charge in [-0.15, -0.1) is 0 Å². The van der Waals surface area contributed by atoms with Crippen LogP contribution in [0.25, 0.3) is 22.5 Å². The predicted octanol–water partition coefficient (Wildman–Crippen LogP) is 5.74. The first-order valence-electron chi connectivity index (χ1n) is 15.1. The van der Waals surface area contributed by atoms with E-state index < -0.39 is 11.9 Å². The summed E-state index contributed by atoms with van der Waals surface area (Å²) in [4.78, 5) is 31.5. The van der Waals surface area contributed by atoms with Gasteiger partial charge in [0.1, 0.15) is 11.5 Å². The number of nitrogens with zero attached hydrogens (tertiary/aromatic N) is 4. The van der Waals surface area contributed by atoms with Crippen molar-refractivity contribution >= 4 is 28.9 Å². The molecule has 44 heavy (non-hydrogen) atoms. The van der Waals surface area contributed by atoms with Crippen LogP contribution in [-0.4, -0.2) is 59.4 Å². The first-order chi connectivity index (χ1) is 21.3. The molecule has 10 heteroatoms. The molecule has 0 bridgehead atoms. The standard InChI is InChI=1S/C34H37FN6O3/c1-4-21(2)26-8-6-5-7-22(26)13-15-36-33(42)30-18-31(23-9-10-23)41-32(38-30)19-29(39-41)27-12-11-25(17-28(27)35)40-16-14-24(20-40)37-34(43)44-3/h4-8,11-12,17-19,23-24H,9-10,13-16,20H2,1-3H3,(H,36,42)(H,37,43)/b21-4-/t24-/m1/s1. The lowest BCUT2D eigenvalue weighted by Crippen LogP contribution is -2.36. The van der Waals surface area contributed by atoms with E-state index in [9.17, 15) is 9.59 Å². The van der Waals surface area contributed by atoms with E-state index in [-0.39, 0.29) is 11.9 Å². The summed E-state index contributed by atoms with van der Waals surface area (Å²) in [5.41, 5.74) is 6.91. The number of rotatable bonds is 9. The molecule has 3 heterocycles. The molecule has 0 spiro atoms. The van der Waals surface area contributed by atoms with E-state index in [0.717, 1.165) is 30.6 Å². The third-order valence-electron chi connectivity index (χ3n) is 8.53.